The molecule has 0 saturated heterocycles. The Balaban J connectivity index is 2.53. The van der Waals surface area contributed by atoms with Crippen LogP contribution in [0.5, 0.6) is 0 Å². The number of carboxylic acid groups (broad SMARTS) is 1. The van der Waals surface area contributed by atoms with Gasteiger partial charge in [0, 0.05) is 19.2 Å². The van der Waals surface area contributed by atoms with Crippen LogP contribution in [-0.2, 0) is 14.8 Å². The number of hydrogen-bond donors (Lipinski definition) is 3. The molecule has 1 aromatic heterocycles. The molecule has 0 unspecified atom stereocenters. The van der Waals surface area contributed by atoms with Gasteiger partial charge in [0.05, 0.1) is 0 Å². The highest BCUT2D eigenvalue weighted by Gasteiger charge is 2.10. The first-order valence-electron chi connectivity index (χ1n) is 5.31. The van der Waals surface area contributed by atoms with E-state index < -0.39 is 16.0 Å². The maximum Gasteiger partial charge on any atom is 0.303 e. The summed E-state index contributed by atoms with van der Waals surface area (Å²) in [5.41, 5.74) is 0. The first kappa shape index (κ1) is 14.4. The Morgan fingerprint density at radius 2 is 2.17 bits per heavy atom. The average molecular weight is 273 g/mol. The molecule has 7 nitrogen and oxygen atoms in total. The lowest BCUT2D eigenvalue weighted by Crippen LogP contribution is -2.18. The highest BCUT2D eigenvalue weighted by atomic mass is 32.2. The Hall–Kier alpha value is -1.67. The molecule has 0 amide bonds. The van der Waals surface area contributed by atoms with Crippen molar-refractivity contribution in [2.24, 2.45) is 0 Å². The van der Waals surface area contributed by atoms with E-state index in [1.807, 2.05) is 0 Å². The summed E-state index contributed by atoms with van der Waals surface area (Å²) in [7, 11) is -2.14. The Morgan fingerprint density at radius 3 is 2.67 bits per heavy atom. The second kappa shape index (κ2) is 6.31. The number of rotatable bonds is 7. The monoisotopic (exact) mass is 273 g/mol. The summed E-state index contributed by atoms with van der Waals surface area (Å²) in [5, 5.41) is 11.4. The normalized spacial score (nSPS) is 11.2. The van der Waals surface area contributed by atoms with Crippen molar-refractivity contribution in [2.45, 2.75) is 17.7 Å². The molecule has 1 rings (SSSR count). The summed E-state index contributed by atoms with van der Waals surface area (Å²) >= 11 is 0. The van der Waals surface area contributed by atoms with Crippen LogP contribution in [0.4, 0.5) is 5.82 Å². The topological polar surface area (TPSA) is 108 Å². The quantitative estimate of drug-likeness (QED) is 0.615. The van der Waals surface area contributed by atoms with Gasteiger partial charge < -0.3 is 10.4 Å². The number of sulfonamides is 1. The van der Waals surface area contributed by atoms with Crippen molar-refractivity contribution in [3.05, 3.63) is 18.3 Å². The van der Waals surface area contributed by atoms with Crippen LogP contribution in [0, 0.1) is 0 Å². The number of aliphatic carboxylic acids is 1. The number of nitrogens with one attached hydrogen (secondary N) is 2. The van der Waals surface area contributed by atoms with E-state index >= 15 is 0 Å². The Kier molecular flexibility index (Phi) is 5.05. The summed E-state index contributed by atoms with van der Waals surface area (Å²) in [6.45, 7) is 0.470. The number of pyridine rings is 1. The molecule has 100 valence electrons. The molecule has 0 bridgehead atoms. The molecule has 3 N–H and O–H groups in total. The third-order valence-electron chi connectivity index (χ3n) is 2.19. The zero-order valence-corrected chi connectivity index (χ0v) is 10.7. The maximum absolute atomic E-state index is 11.4. The third kappa shape index (κ3) is 4.30. The van der Waals surface area contributed by atoms with Crippen LogP contribution in [0.2, 0.25) is 0 Å². The predicted molar refractivity (Wildman–Crippen MR) is 65.8 cm³/mol. The number of carboxylic acids is 1. The maximum atomic E-state index is 11.4. The van der Waals surface area contributed by atoms with E-state index in [1.165, 1.54) is 25.4 Å². The minimum atomic E-state index is -3.47. The molecule has 0 aromatic carbocycles. The van der Waals surface area contributed by atoms with Gasteiger partial charge in [0.2, 0.25) is 10.0 Å². The largest absolute Gasteiger partial charge is 0.481 e. The van der Waals surface area contributed by atoms with E-state index in [9.17, 15) is 13.2 Å². The number of hydrogen-bond acceptors (Lipinski definition) is 5. The molecule has 18 heavy (non-hydrogen) atoms. The molecular formula is C10H15N3O4S. The van der Waals surface area contributed by atoms with Crippen LogP contribution in [0.3, 0.4) is 0 Å². The lowest BCUT2D eigenvalue weighted by atomic mass is 10.3. The lowest BCUT2D eigenvalue weighted by molar-refractivity contribution is -0.137. The number of anilines is 1. The molecule has 1 heterocycles. The fourth-order valence-corrected chi connectivity index (χ4v) is 1.89. The fourth-order valence-electron chi connectivity index (χ4n) is 1.22. The van der Waals surface area contributed by atoms with Crippen molar-refractivity contribution < 1.29 is 18.3 Å². The van der Waals surface area contributed by atoms with E-state index in [4.69, 9.17) is 5.11 Å². The minimum absolute atomic E-state index is 0.0826. The van der Waals surface area contributed by atoms with Crippen molar-refractivity contribution in [1.29, 1.82) is 0 Å². The van der Waals surface area contributed by atoms with Crippen LogP contribution in [-0.4, -0.2) is 38.1 Å². The second-order valence-electron chi connectivity index (χ2n) is 3.51. The Bertz CT molecular complexity index is 498. The van der Waals surface area contributed by atoms with Gasteiger partial charge in [-0.15, -0.1) is 0 Å². The van der Waals surface area contributed by atoms with Gasteiger partial charge in [-0.2, -0.15) is 0 Å². The molecular weight excluding hydrogens is 258 g/mol. The average Bonchev–Trinajstić information content (AvgIpc) is 2.35. The number of nitrogens with zero attached hydrogens (tertiary/aromatic N) is 1. The van der Waals surface area contributed by atoms with Crippen LogP contribution in [0.1, 0.15) is 12.8 Å². The predicted octanol–water partition coefficient (Wildman–Crippen LogP) is 0.266. The first-order chi connectivity index (χ1) is 8.45. The minimum Gasteiger partial charge on any atom is -0.481 e. The summed E-state index contributed by atoms with van der Waals surface area (Å²) in [5.74, 6) is -0.337. The van der Waals surface area contributed by atoms with E-state index in [0.29, 0.717) is 18.8 Å². The molecule has 0 saturated carbocycles. The second-order valence-corrected chi connectivity index (χ2v) is 5.40. The Morgan fingerprint density at radius 1 is 1.44 bits per heavy atom. The van der Waals surface area contributed by atoms with E-state index in [2.05, 4.69) is 15.0 Å². The zero-order valence-electron chi connectivity index (χ0n) is 9.88. The van der Waals surface area contributed by atoms with Gasteiger partial charge in [0.25, 0.3) is 0 Å². The number of carbonyl (C=O) groups is 1. The number of aromatic nitrogens is 1. The van der Waals surface area contributed by atoms with Gasteiger partial charge in [-0.05, 0) is 25.6 Å². The fraction of sp³-hybridized carbons (Fsp3) is 0.400. The van der Waals surface area contributed by atoms with Gasteiger partial charge in [-0.25, -0.2) is 18.1 Å². The summed E-state index contributed by atoms with van der Waals surface area (Å²) in [6.07, 6.45) is 1.80. The molecule has 0 aliphatic heterocycles. The smallest absolute Gasteiger partial charge is 0.303 e. The van der Waals surface area contributed by atoms with Gasteiger partial charge in [-0.3, -0.25) is 4.79 Å². The summed E-state index contributed by atoms with van der Waals surface area (Å²) in [4.78, 5) is 14.3. The standard InChI is InChI=1S/C10H15N3O4S/c1-11-18(16,17)8-4-5-9(13-7-8)12-6-2-3-10(14)15/h4-5,7,11H,2-3,6H2,1H3,(H,12,13)(H,14,15). The summed E-state index contributed by atoms with van der Waals surface area (Å²) < 4.78 is 25.0. The summed E-state index contributed by atoms with van der Waals surface area (Å²) in [6, 6.07) is 2.96. The molecule has 0 atom stereocenters. The van der Waals surface area contributed by atoms with E-state index in [0.717, 1.165) is 0 Å². The van der Waals surface area contributed by atoms with Crippen molar-refractivity contribution >= 4 is 21.8 Å². The Labute approximate surface area is 105 Å². The van der Waals surface area contributed by atoms with Crippen molar-refractivity contribution in [1.82, 2.24) is 9.71 Å². The van der Waals surface area contributed by atoms with Crippen molar-refractivity contribution in [3.8, 4) is 0 Å². The molecule has 0 fully saturated rings. The van der Waals surface area contributed by atoms with Crippen molar-refractivity contribution in [3.63, 3.8) is 0 Å². The molecule has 1 aromatic rings. The molecule has 0 radical (unpaired) electrons. The zero-order chi connectivity index (χ0) is 13.6. The van der Waals surface area contributed by atoms with Gasteiger partial charge >= 0.3 is 5.97 Å². The third-order valence-corrected chi connectivity index (χ3v) is 3.59. The van der Waals surface area contributed by atoms with Gasteiger partial charge in [0.1, 0.15) is 10.7 Å². The van der Waals surface area contributed by atoms with Crippen LogP contribution in [0.15, 0.2) is 23.2 Å². The van der Waals surface area contributed by atoms with Crippen molar-refractivity contribution in [2.75, 3.05) is 18.9 Å². The van der Waals surface area contributed by atoms with E-state index in [-0.39, 0.29) is 11.3 Å². The highest BCUT2D eigenvalue weighted by Crippen LogP contribution is 2.10. The van der Waals surface area contributed by atoms with Gasteiger partial charge in [0.15, 0.2) is 0 Å². The molecule has 8 heteroatoms. The molecule has 0 aliphatic carbocycles. The highest BCUT2D eigenvalue weighted by molar-refractivity contribution is 7.89. The van der Waals surface area contributed by atoms with Crippen LogP contribution < -0.4 is 10.0 Å². The molecule has 0 aliphatic rings. The molecule has 0 spiro atoms. The van der Waals surface area contributed by atoms with E-state index in [1.54, 1.807) is 0 Å². The lowest BCUT2D eigenvalue weighted by Gasteiger charge is -2.06. The van der Waals surface area contributed by atoms with Gasteiger partial charge in [-0.1, -0.05) is 0 Å². The van der Waals surface area contributed by atoms with Crippen LogP contribution in [0.25, 0.3) is 0 Å². The SMILES string of the molecule is CNS(=O)(=O)c1ccc(NCCCC(=O)O)nc1. The van der Waals surface area contributed by atoms with Crippen LogP contribution >= 0.6 is 0 Å². The first-order valence-corrected chi connectivity index (χ1v) is 6.79.